The van der Waals surface area contributed by atoms with Gasteiger partial charge in [-0.25, -0.2) is 17.2 Å². The average molecular weight is 286 g/mol. The zero-order valence-electron chi connectivity index (χ0n) is 10.2. The van der Waals surface area contributed by atoms with Gasteiger partial charge in [0.05, 0.1) is 6.07 Å². The summed E-state index contributed by atoms with van der Waals surface area (Å²) in [5, 5.41) is 9.09. The quantitative estimate of drug-likeness (QED) is 0.919. The van der Waals surface area contributed by atoms with E-state index >= 15 is 0 Å². The van der Waals surface area contributed by atoms with Crippen molar-refractivity contribution >= 4 is 10.0 Å². The first-order chi connectivity index (χ1) is 8.78. The number of halogens is 2. The zero-order chi connectivity index (χ0) is 14.3. The van der Waals surface area contributed by atoms with Crippen LogP contribution >= 0.6 is 0 Å². The molecule has 0 radical (unpaired) electrons. The molecule has 1 aromatic carbocycles. The zero-order valence-corrected chi connectivity index (χ0v) is 11.0. The molecule has 1 aliphatic rings. The van der Waals surface area contributed by atoms with Crippen molar-refractivity contribution < 1.29 is 17.2 Å². The Labute approximate surface area is 110 Å². The Bertz CT molecular complexity index is 650. The minimum Gasteiger partial charge on any atom is -0.207 e. The molecule has 0 amide bonds. The summed E-state index contributed by atoms with van der Waals surface area (Å²) in [5.41, 5.74) is -1.29. The van der Waals surface area contributed by atoms with E-state index in [2.05, 4.69) is 4.72 Å². The maximum absolute atomic E-state index is 13.5. The van der Waals surface area contributed by atoms with Crippen molar-refractivity contribution in [1.82, 2.24) is 4.72 Å². The fourth-order valence-electron chi connectivity index (χ4n) is 1.88. The number of benzene rings is 1. The van der Waals surface area contributed by atoms with Gasteiger partial charge in [-0.15, -0.1) is 0 Å². The summed E-state index contributed by atoms with van der Waals surface area (Å²) in [7, 11) is -4.28. The van der Waals surface area contributed by atoms with Crippen LogP contribution in [0, 0.1) is 28.9 Å². The molecule has 0 aromatic heterocycles. The molecule has 2 rings (SSSR count). The number of nitriles is 1. The Morgan fingerprint density at radius 1 is 1.42 bits per heavy atom. The van der Waals surface area contributed by atoms with Crippen molar-refractivity contribution in [3.63, 3.8) is 0 Å². The summed E-state index contributed by atoms with van der Waals surface area (Å²) in [4.78, 5) is -0.783. The van der Waals surface area contributed by atoms with E-state index in [1.807, 2.05) is 6.07 Å². The lowest BCUT2D eigenvalue weighted by Gasteiger charge is -2.22. The number of nitrogens with zero attached hydrogens (tertiary/aromatic N) is 1. The van der Waals surface area contributed by atoms with Crippen molar-refractivity contribution in [2.24, 2.45) is 5.92 Å². The number of sulfonamides is 1. The molecule has 0 aliphatic heterocycles. The molecule has 1 saturated carbocycles. The summed E-state index contributed by atoms with van der Waals surface area (Å²) in [6.45, 7) is 1.44. The minimum atomic E-state index is -4.28. The van der Waals surface area contributed by atoms with E-state index in [1.165, 1.54) is 6.92 Å². The number of nitrogens with one attached hydrogen (secondary N) is 1. The van der Waals surface area contributed by atoms with E-state index in [-0.39, 0.29) is 5.92 Å². The second-order valence-electron chi connectivity index (χ2n) is 4.77. The molecule has 0 saturated heterocycles. The lowest BCUT2D eigenvalue weighted by molar-refractivity contribution is 0.455. The maximum Gasteiger partial charge on any atom is 0.244 e. The Balaban J connectivity index is 2.38. The van der Waals surface area contributed by atoms with Crippen LogP contribution in [0.5, 0.6) is 0 Å². The summed E-state index contributed by atoms with van der Waals surface area (Å²) in [5.74, 6) is -2.00. The molecule has 1 aliphatic carbocycles. The molecule has 1 atom stereocenters. The van der Waals surface area contributed by atoms with E-state index in [0.29, 0.717) is 6.07 Å². The second-order valence-corrected chi connectivity index (χ2v) is 6.42. The van der Waals surface area contributed by atoms with Crippen molar-refractivity contribution in [3.05, 3.63) is 29.8 Å². The number of hydrogen-bond donors (Lipinski definition) is 1. The van der Waals surface area contributed by atoms with Gasteiger partial charge >= 0.3 is 0 Å². The first kappa shape index (κ1) is 13.9. The van der Waals surface area contributed by atoms with Gasteiger partial charge < -0.3 is 0 Å². The number of rotatable bonds is 4. The van der Waals surface area contributed by atoms with E-state index in [4.69, 9.17) is 5.26 Å². The van der Waals surface area contributed by atoms with Crippen LogP contribution in [-0.4, -0.2) is 14.0 Å². The standard InChI is InChI=1S/C12H12F2N2O2S/c1-12(7-15,8-2-3-8)16-19(17,18)11-6-9(13)4-5-10(11)14/h4-6,8,16H,2-3H2,1H3/t12-/m0/s1. The Morgan fingerprint density at radius 3 is 2.58 bits per heavy atom. The molecule has 19 heavy (non-hydrogen) atoms. The third kappa shape index (κ3) is 2.74. The lowest BCUT2D eigenvalue weighted by Crippen LogP contribution is -2.46. The van der Waals surface area contributed by atoms with Crippen LogP contribution in [0.3, 0.4) is 0 Å². The fraction of sp³-hybridized carbons (Fsp3) is 0.417. The molecular weight excluding hydrogens is 274 g/mol. The second kappa shape index (κ2) is 4.54. The third-order valence-corrected chi connectivity index (χ3v) is 4.74. The Kier molecular flexibility index (Phi) is 3.32. The summed E-state index contributed by atoms with van der Waals surface area (Å²) >= 11 is 0. The molecule has 0 bridgehead atoms. The van der Waals surface area contributed by atoms with Gasteiger partial charge in [0.2, 0.25) is 10.0 Å². The summed E-state index contributed by atoms with van der Waals surface area (Å²) < 4.78 is 52.8. The highest BCUT2D eigenvalue weighted by molar-refractivity contribution is 7.89. The Morgan fingerprint density at radius 2 is 2.05 bits per heavy atom. The highest BCUT2D eigenvalue weighted by Crippen LogP contribution is 2.40. The molecule has 0 unspecified atom stereocenters. The van der Waals surface area contributed by atoms with Gasteiger partial charge in [0.25, 0.3) is 0 Å². The molecule has 0 spiro atoms. The van der Waals surface area contributed by atoms with Crippen LogP contribution in [0.1, 0.15) is 19.8 Å². The predicted molar refractivity (Wildman–Crippen MR) is 63.4 cm³/mol. The van der Waals surface area contributed by atoms with Gasteiger partial charge in [-0.05, 0) is 43.9 Å². The largest absolute Gasteiger partial charge is 0.244 e. The molecule has 7 heteroatoms. The van der Waals surface area contributed by atoms with Crippen molar-refractivity contribution in [3.8, 4) is 6.07 Å². The van der Waals surface area contributed by atoms with Gasteiger partial charge in [-0.3, -0.25) is 0 Å². The van der Waals surface area contributed by atoms with Crippen LogP contribution in [-0.2, 0) is 10.0 Å². The van der Waals surface area contributed by atoms with Crippen LogP contribution in [0.15, 0.2) is 23.1 Å². The smallest absolute Gasteiger partial charge is 0.207 e. The fourth-order valence-corrected chi connectivity index (χ4v) is 3.35. The predicted octanol–water partition coefficient (Wildman–Crippen LogP) is 1.94. The van der Waals surface area contributed by atoms with Crippen LogP contribution in [0.25, 0.3) is 0 Å². The van der Waals surface area contributed by atoms with Crippen molar-refractivity contribution in [2.75, 3.05) is 0 Å². The van der Waals surface area contributed by atoms with Gasteiger partial charge in [-0.1, -0.05) is 0 Å². The van der Waals surface area contributed by atoms with Gasteiger partial charge in [0, 0.05) is 0 Å². The highest BCUT2D eigenvalue weighted by atomic mass is 32.2. The van der Waals surface area contributed by atoms with Gasteiger partial charge in [0.15, 0.2) is 0 Å². The maximum atomic E-state index is 13.5. The summed E-state index contributed by atoms with van der Waals surface area (Å²) in [6, 6.07) is 4.07. The molecule has 1 N–H and O–H groups in total. The van der Waals surface area contributed by atoms with Crippen LogP contribution in [0.4, 0.5) is 8.78 Å². The third-order valence-electron chi connectivity index (χ3n) is 3.16. The molecule has 0 heterocycles. The van der Waals surface area contributed by atoms with E-state index in [1.54, 1.807) is 0 Å². The Hall–Kier alpha value is -1.52. The minimum absolute atomic E-state index is 0.0936. The summed E-state index contributed by atoms with van der Waals surface area (Å²) in [6.07, 6.45) is 1.47. The van der Waals surface area contributed by atoms with E-state index < -0.39 is 32.1 Å². The normalized spacial score (nSPS) is 18.6. The average Bonchev–Trinajstić information content (AvgIpc) is 3.15. The molecule has 1 aromatic rings. The van der Waals surface area contributed by atoms with Crippen molar-refractivity contribution in [2.45, 2.75) is 30.2 Å². The van der Waals surface area contributed by atoms with Gasteiger partial charge in [-0.2, -0.15) is 9.98 Å². The lowest BCUT2D eigenvalue weighted by atomic mass is 10.0. The van der Waals surface area contributed by atoms with E-state index in [0.717, 1.165) is 25.0 Å². The molecule has 1 fully saturated rings. The van der Waals surface area contributed by atoms with Crippen LogP contribution in [0.2, 0.25) is 0 Å². The molecular formula is C12H12F2N2O2S. The van der Waals surface area contributed by atoms with Gasteiger partial charge in [0.1, 0.15) is 22.1 Å². The van der Waals surface area contributed by atoms with Crippen LogP contribution < -0.4 is 4.72 Å². The first-order valence-corrected chi connectivity index (χ1v) is 7.17. The SMILES string of the molecule is C[C@@](C#N)(NS(=O)(=O)c1cc(F)ccc1F)C1CC1. The van der Waals surface area contributed by atoms with E-state index in [9.17, 15) is 17.2 Å². The highest BCUT2D eigenvalue weighted by Gasteiger charge is 2.45. The number of hydrogen-bond acceptors (Lipinski definition) is 3. The molecule has 4 nitrogen and oxygen atoms in total. The first-order valence-electron chi connectivity index (χ1n) is 5.69. The monoisotopic (exact) mass is 286 g/mol. The topological polar surface area (TPSA) is 70.0 Å². The molecule has 102 valence electrons. The van der Waals surface area contributed by atoms with Crippen molar-refractivity contribution in [1.29, 1.82) is 5.26 Å².